The highest BCUT2D eigenvalue weighted by atomic mass is 35.5. The molecule has 0 unspecified atom stereocenters. The lowest BCUT2D eigenvalue weighted by atomic mass is 10.2. The molecule has 2 aromatic carbocycles. The highest BCUT2D eigenvalue weighted by molar-refractivity contribution is 6.31. The van der Waals surface area contributed by atoms with Crippen LogP contribution in [0.3, 0.4) is 0 Å². The van der Waals surface area contributed by atoms with Crippen LogP contribution in [0.5, 0.6) is 0 Å². The van der Waals surface area contributed by atoms with Crippen molar-refractivity contribution in [3.8, 4) is 0 Å². The van der Waals surface area contributed by atoms with E-state index in [1.54, 1.807) is 0 Å². The number of nitrogens with zero attached hydrogens (tertiary/aromatic N) is 3. The fourth-order valence-corrected chi connectivity index (χ4v) is 2.22. The number of anilines is 2. The molecule has 6 nitrogen and oxygen atoms in total. The van der Waals surface area contributed by atoms with Crippen LogP contribution in [0.4, 0.5) is 30.4 Å². The van der Waals surface area contributed by atoms with Crippen molar-refractivity contribution in [3.05, 3.63) is 63.2 Å². The molecule has 1 heterocycles. The Morgan fingerprint density at radius 1 is 1.12 bits per heavy atom. The average Bonchev–Trinajstić information content (AvgIpc) is 2.54. The van der Waals surface area contributed by atoms with Crippen molar-refractivity contribution in [1.82, 2.24) is 9.97 Å². The van der Waals surface area contributed by atoms with Crippen molar-refractivity contribution in [2.75, 3.05) is 5.32 Å². The maximum absolute atomic E-state index is 14.0. The first-order valence-corrected chi connectivity index (χ1v) is 6.75. The fraction of sp³-hybridized carbons (Fsp3) is 0. The summed E-state index contributed by atoms with van der Waals surface area (Å²) in [7, 11) is 0. The molecule has 11 heteroatoms. The first-order chi connectivity index (χ1) is 11.4. The number of halogens is 5. The monoisotopic (exact) mass is 390 g/mol. The Hall–Kier alpha value is -2.65. The molecule has 0 saturated heterocycles. The van der Waals surface area contributed by atoms with E-state index in [-0.39, 0.29) is 34.8 Å². The summed E-state index contributed by atoms with van der Waals surface area (Å²) in [6.45, 7) is 0. The quantitative estimate of drug-likeness (QED) is 0.395. The van der Waals surface area contributed by atoms with Crippen LogP contribution < -0.4 is 5.32 Å². The summed E-state index contributed by atoms with van der Waals surface area (Å²) in [6.07, 6.45) is 1.07. The van der Waals surface area contributed by atoms with E-state index >= 15 is 0 Å². The first-order valence-electron chi connectivity index (χ1n) is 6.37. The largest absolute Gasteiger partial charge is 0.337 e. The Bertz CT molecular complexity index is 988. The molecule has 0 amide bonds. The normalized spacial score (nSPS) is 10.4. The van der Waals surface area contributed by atoms with Gasteiger partial charge >= 0.3 is 5.69 Å². The van der Waals surface area contributed by atoms with Gasteiger partial charge in [0, 0.05) is 12.1 Å². The van der Waals surface area contributed by atoms with Gasteiger partial charge in [-0.05, 0) is 12.1 Å². The SMILES string of the molecule is Cl.O=[N+]([O-])c1cc2c(Nc3ccc(F)c(Cl)c3F)ncnc2cc1F. The van der Waals surface area contributed by atoms with Gasteiger partial charge in [-0.1, -0.05) is 11.6 Å². The van der Waals surface area contributed by atoms with E-state index in [1.807, 2.05) is 0 Å². The number of benzene rings is 2. The van der Waals surface area contributed by atoms with Crippen LogP contribution >= 0.6 is 24.0 Å². The number of fused-ring (bicyclic) bond motifs is 1. The number of nitro benzene ring substituents is 1. The predicted octanol–water partition coefficient (Wildman–Crippen LogP) is 4.77. The summed E-state index contributed by atoms with van der Waals surface area (Å²) in [4.78, 5) is 17.6. The second-order valence-corrected chi connectivity index (χ2v) is 5.03. The summed E-state index contributed by atoms with van der Waals surface area (Å²) in [6, 6.07) is 3.83. The highest BCUT2D eigenvalue weighted by Gasteiger charge is 2.19. The van der Waals surface area contributed by atoms with E-state index in [2.05, 4.69) is 15.3 Å². The molecule has 0 aliphatic rings. The lowest BCUT2D eigenvalue weighted by molar-refractivity contribution is -0.387. The lowest BCUT2D eigenvalue weighted by Crippen LogP contribution is -2.01. The van der Waals surface area contributed by atoms with E-state index < -0.39 is 33.1 Å². The molecule has 3 aromatic rings. The van der Waals surface area contributed by atoms with Crippen LogP contribution in [0.2, 0.25) is 5.02 Å². The van der Waals surface area contributed by atoms with E-state index in [4.69, 9.17) is 11.6 Å². The summed E-state index contributed by atoms with van der Waals surface area (Å²) in [5.41, 5.74) is -0.907. The van der Waals surface area contributed by atoms with Gasteiger partial charge in [-0.15, -0.1) is 12.4 Å². The number of hydrogen-bond donors (Lipinski definition) is 1. The Morgan fingerprint density at radius 3 is 2.52 bits per heavy atom. The summed E-state index contributed by atoms with van der Waals surface area (Å²) in [5, 5.41) is 12.8. The van der Waals surface area contributed by atoms with Crippen LogP contribution in [0.25, 0.3) is 10.9 Å². The summed E-state index contributed by atoms with van der Waals surface area (Å²) < 4.78 is 40.8. The van der Waals surface area contributed by atoms with Crippen molar-refractivity contribution in [3.63, 3.8) is 0 Å². The Balaban J connectivity index is 0.00000225. The van der Waals surface area contributed by atoms with Gasteiger partial charge in [0.05, 0.1) is 21.5 Å². The van der Waals surface area contributed by atoms with Gasteiger partial charge in [-0.3, -0.25) is 10.1 Å². The Kier molecular flexibility index (Phi) is 5.29. The minimum atomic E-state index is -1.06. The Morgan fingerprint density at radius 2 is 1.84 bits per heavy atom. The van der Waals surface area contributed by atoms with Crippen molar-refractivity contribution < 1.29 is 18.1 Å². The van der Waals surface area contributed by atoms with E-state index in [9.17, 15) is 23.3 Å². The van der Waals surface area contributed by atoms with Gasteiger partial charge in [0.25, 0.3) is 0 Å². The maximum Gasteiger partial charge on any atom is 0.305 e. The molecule has 1 N–H and O–H groups in total. The van der Waals surface area contributed by atoms with Crippen LogP contribution in [-0.4, -0.2) is 14.9 Å². The second kappa shape index (κ2) is 7.08. The third kappa shape index (κ3) is 3.42. The average molecular weight is 391 g/mol. The van der Waals surface area contributed by atoms with Crippen molar-refractivity contribution in [2.45, 2.75) is 0 Å². The zero-order valence-corrected chi connectivity index (χ0v) is 13.5. The number of hydrogen-bond acceptors (Lipinski definition) is 5. The first kappa shape index (κ1) is 18.7. The molecule has 3 rings (SSSR count). The molecule has 0 spiro atoms. The fourth-order valence-electron chi connectivity index (χ4n) is 2.06. The third-order valence-corrected chi connectivity index (χ3v) is 3.54. The van der Waals surface area contributed by atoms with Crippen molar-refractivity contribution >= 4 is 52.1 Å². The minimum absolute atomic E-state index is 0. The third-order valence-electron chi connectivity index (χ3n) is 3.19. The van der Waals surface area contributed by atoms with Gasteiger partial charge in [0.1, 0.15) is 23.0 Å². The van der Waals surface area contributed by atoms with Gasteiger partial charge in [0.15, 0.2) is 5.82 Å². The number of nitrogens with one attached hydrogen (secondary N) is 1. The highest BCUT2D eigenvalue weighted by Crippen LogP contribution is 2.31. The lowest BCUT2D eigenvalue weighted by Gasteiger charge is -2.10. The second-order valence-electron chi connectivity index (χ2n) is 4.65. The van der Waals surface area contributed by atoms with Gasteiger partial charge in [0.2, 0.25) is 5.82 Å². The van der Waals surface area contributed by atoms with E-state index in [1.165, 1.54) is 0 Å². The smallest absolute Gasteiger partial charge is 0.305 e. The van der Waals surface area contributed by atoms with Crippen LogP contribution in [0.1, 0.15) is 0 Å². The van der Waals surface area contributed by atoms with E-state index in [0.717, 1.165) is 30.6 Å². The minimum Gasteiger partial charge on any atom is -0.337 e. The molecule has 0 radical (unpaired) electrons. The molecular formula is C14H7Cl2F3N4O2. The molecule has 130 valence electrons. The van der Waals surface area contributed by atoms with Gasteiger partial charge < -0.3 is 5.32 Å². The molecule has 0 bridgehead atoms. The number of nitro groups is 1. The molecular weight excluding hydrogens is 384 g/mol. The molecule has 0 aliphatic carbocycles. The number of rotatable bonds is 3. The number of aromatic nitrogens is 2. The molecule has 25 heavy (non-hydrogen) atoms. The molecule has 0 saturated carbocycles. The molecule has 1 aromatic heterocycles. The molecule has 0 atom stereocenters. The molecule has 0 fully saturated rings. The van der Waals surface area contributed by atoms with E-state index in [0.29, 0.717) is 0 Å². The van der Waals surface area contributed by atoms with Crippen LogP contribution in [0.15, 0.2) is 30.6 Å². The van der Waals surface area contributed by atoms with Crippen LogP contribution in [0, 0.1) is 27.6 Å². The van der Waals surface area contributed by atoms with Crippen molar-refractivity contribution in [2.24, 2.45) is 0 Å². The zero-order chi connectivity index (χ0) is 17.4. The topological polar surface area (TPSA) is 81.0 Å². The molecule has 0 aliphatic heterocycles. The predicted molar refractivity (Wildman–Crippen MR) is 88.0 cm³/mol. The maximum atomic E-state index is 14.0. The van der Waals surface area contributed by atoms with Crippen molar-refractivity contribution in [1.29, 1.82) is 0 Å². The summed E-state index contributed by atoms with van der Waals surface area (Å²) >= 11 is 5.49. The summed E-state index contributed by atoms with van der Waals surface area (Å²) in [5.74, 6) is -3.08. The Labute approximate surface area is 149 Å². The van der Waals surface area contributed by atoms with Gasteiger partial charge in [-0.2, -0.15) is 4.39 Å². The van der Waals surface area contributed by atoms with Gasteiger partial charge in [-0.25, -0.2) is 18.7 Å². The van der Waals surface area contributed by atoms with Crippen LogP contribution in [-0.2, 0) is 0 Å². The standard InChI is InChI=1S/C14H6ClF3N4O2.ClH/c15-12-7(16)1-2-9(13(12)18)21-14-6-3-11(22(23)24)8(17)4-10(6)19-5-20-14;/h1-5H,(H,19,20,21);1H. The zero-order valence-electron chi connectivity index (χ0n) is 12.0.